The van der Waals surface area contributed by atoms with Gasteiger partial charge < -0.3 is 10.2 Å². The van der Waals surface area contributed by atoms with Crippen LogP contribution in [0.4, 0.5) is 0 Å². The lowest BCUT2D eigenvalue weighted by atomic mass is 9.80. The topological polar surface area (TPSA) is 40.5 Å². The van der Waals surface area contributed by atoms with Crippen molar-refractivity contribution in [1.82, 2.24) is 0 Å². The molecule has 3 rings (SSSR count). The minimum absolute atomic E-state index is 0.0702. The van der Waals surface area contributed by atoms with Gasteiger partial charge in [-0.1, -0.05) is 24.3 Å². The van der Waals surface area contributed by atoms with Crippen molar-refractivity contribution in [3.05, 3.63) is 35.4 Å². The molecule has 0 aliphatic heterocycles. The van der Waals surface area contributed by atoms with Gasteiger partial charge in [-0.3, -0.25) is 0 Å². The summed E-state index contributed by atoms with van der Waals surface area (Å²) in [6.07, 6.45) is 8.15. The molecule has 0 spiro atoms. The van der Waals surface area contributed by atoms with Crippen LogP contribution in [0.2, 0.25) is 0 Å². The van der Waals surface area contributed by atoms with Gasteiger partial charge in [-0.05, 0) is 74.3 Å². The zero-order valence-corrected chi connectivity index (χ0v) is 12.2. The summed E-state index contributed by atoms with van der Waals surface area (Å²) in [5.74, 6) is 1.28. The molecule has 0 bridgehead atoms. The lowest BCUT2D eigenvalue weighted by Gasteiger charge is -2.27. The highest BCUT2D eigenvalue weighted by Crippen LogP contribution is 2.36. The predicted molar refractivity (Wildman–Crippen MR) is 80.9 cm³/mol. The Labute approximate surface area is 121 Å². The Bertz CT molecular complexity index is 369. The SMILES string of the molecule is OC1CCC(c2ccc(C3CCC(O)CC3)cc2)CC1. The molecular weight excluding hydrogens is 248 g/mol. The highest BCUT2D eigenvalue weighted by molar-refractivity contribution is 5.28. The fourth-order valence-corrected chi connectivity index (χ4v) is 3.86. The van der Waals surface area contributed by atoms with Gasteiger partial charge in [-0.2, -0.15) is 0 Å². The van der Waals surface area contributed by atoms with Gasteiger partial charge in [0.15, 0.2) is 0 Å². The molecule has 1 aromatic carbocycles. The molecule has 0 radical (unpaired) electrons. The zero-order chi connectivity index (χ0) is 13.9. The fourth-order valence-electron chi connectivity index (χ4n) is 3.86. The minimum atomic E-state index is -0.0702. The number of aliphatic hydroxyl groups is 2. The van der Waals surface area contributed by atoms with Gasteiger partial charge >= 0.3 is 0 Å². The van der Waals surface area contributed by atoms with Gasteiger partial charge in [0.05, 0.1) is 12.2 Å². The Morgan fingerprint density at radius 1 is 0.550 bits per heavy atom. The first-order valence-electron chi connectivity index (χ1n) is 8.18. The molecule has 2 N–H and O–H groups in total. The molecule has 0 atom stereocenters. The average molecular weight is 274 g/mol. The Balaban J connectivity index is 1.62. The molecule has 2 fully saturated rings. The van der Waals surface area contributed by atoms with Crippen LogP contribution in [0.3, 0.4) is 0 Å². The summed E-state index contributed by atoms with van der Waals surface area (Å²) in [6, 6.07) is 9.18. The van der Waals surface area contributed by atoms with E-state index in [2.05, 4.69) is 24.3 Å². The van der Waals surface area contributed by atoms with E-state index in [-0.39, 0.29) is 12.2 Å². The van der Waals surface area contributed by atoms with Gasteiger partial charge in [0.25, 0.3) is 0 Å². The lowest BCUT2D eigenvalue weighted by molar-refractivity contribution is 0.122. The first-order valence-corrected chi connectivity index (χ1v) is 8.18. The average Bonchev–Trinajstić information content (AvgIpc) is 2.49. The quantitative estimate of drug-likeness (QED) is 0.863. The molecule has 2 aliphatic carbocycles. The molecule has 0 unspecified atom stereocenters. The van der Waals surface area contributed by atoms with E-state index in [4.69, 9.17) is 0 Å². The maximum Gasteiger partial charge on any atom is 0.0540 e. The van der Waals surface area contributed by atoms with Crippen LogP contribution in [-0.2, 0) is 0 Å². The molecular formula is C18H26O2. The maximum atomic E-state index is 9.59. The van der Waals surface area contributed by atoms with Crippen molar-refractivity contribution in [2.75, 3.05) is 0 Å². The van der Waals surface area contributed by atoms with E-state index >= 15 is 0 Å². The number of benzene rings is 1. The van der Waals surface area contributed by atoms with E-state index < -0.39 is 0 Å². The Hall–Kier alpha value is -0.860. The summed E-state index contributed by atoms with van der Waals surface area (Å²) in [6.45, 7) is 0. The summed E-state index contributed by atoms with van der Waals surface area (Å²) < 4.78 is 0. The third kappa shape index (κ3) is 3.24. The number of hydrogen-bond donors (Lipinski definition) is 2. The molecule has 1 aromatic rings. The van der Waals surface area contributed by atoms with Crippen LogP contribution < -0.4 is 0 Å². The van der Waals surface area contributed by atoms with Crippen molar-refractivity contribution in [2.24, 2.45) is 0 Å². The van der Waals surface area contributed by atoms with Crippen LogP contribution in [0.15, 0.2) is 24.3 Å². The zero-order valence-electron chi connectivity index (χ0n) is 12.2. The summed E-state index contributed by atoms with van der Waals surface area (Å²) >= 11 is 0. The number of hydrogen-bond acceptors (Lipinski definition) is 2. The molecule has 2 heteroatoms. The highest BCUT2D eigenvalue weighted by Gasteiger charge is 2.23. The Morgan fingerprint density at radius 2 is 0.850 bits per heavy atom. The number of rotatable bonds is 2. The predicted octanol–water partition coefficient (Wildman–Crippen LogP) is 3.72. The van der Waals surface area contributed by atoms with E-state index in [1.807, 2.05) is 0 Å². The van der Waals surface area contributed by atoms with E-state index in [0.29, 0.717) is 11.8 Å². The van der Waals surface area contributed by atoms with E-state index in [9.17, 15) is 10.2 Å². The van der Waals surface area contributed by atoms with Crippen LogP contribution in [0.1, 0.15) is 74.3 Å². The molecule has 2 nitrogen and oxygen atoms in total. The fraction of sp³-hybridized carbons (Fsp3) is 0.667. The largest absolute Gasteiger partial charge is 0.393 e. The molecule has 0 amide bonds. The molecule has 0 saturated heterocycles. The summed E-state index contributed by atoms with van der Waals surface area (Å²) in [4.78, 5) is 0. The molecule has 2 saturated carbocycles. The molecule has 0 heterocycles. The summed E-state index contributed by atoms with van der Waals surface area (Å²) in [5.41, 5.74) is 2.88. The Kier molecular flexibility index (Phi) is 4.42. The highest BCUT2D eigenvalue weighted by atomic mass is 16.3. The third-order valence-electron chi connectivity index (χ3n) is 5.27. The second-order valence-electron chi connectivity index (χ2n) is 6.68. The van der Waals surface area contributed by atoms with Gasteiger partial charge in [-0.15, -0.1) is 0 Å². The molecule has 110 valence electrons. The molecule has 0 aromatic heterocycles. The van der Waals surface area contributed by atoms with Gasteiger partial charge in [0.2, 0.25) is 0 Å². The standard InChI is InChI=1S/C18H26O2/c19-17-9-5-15(6-10-17)13-1-2-14(4-3-13)16-7-11-18(20)12-8-16/h1-4,15-20H,5-12H2. The second-order valence-corrected chi connectivity index (χ2v) is 6.68. The van der Waals surface area contributed by atoms with Crippen molar-refractivity contribution in [3.63, 3.8) is 0 Å². The summed E-state index contributed by atoms with van der Waals surface area (Å²) in [5, 5.41) is 19.2. The van der Waals surface area contributed by atoms with Gasteiger partial charge in [-0.25, -0.2) is 0 Å². The van der Waals surface area contributed by atoms with E-state index in [1.54, 1.807) is 0 Å². The smallest absolute Gasteiger partial charge is 0.0540 e. The van der Waals surface area contributed by atoms with Crippen LogP contribution >= 0.6 is 0 Å². The first kappa shape index (κ1) is 14.1. The maximum absolute atomic E-state index is 9.59. The third-order valence-corrected chi connectivity index (χ3v) is 5.27. The molecule has 20 heavy (non-hydrogen) atoms. The number of aliphatic hydroxyl groups excluding tert-OH is 2. The van der Waals surface area contributed by atoms with Crippen molar-refractivity contribution in [1.29, 1.82) is 0 Å². The van der Waals surface area contributed by atoms with Gasteiger partial charge in [0.1, 0.15) is 0 Å². The van der Waals surface area contributed by atoms with Gasteiger partial charge in [0, 0.05) is 0 Å². The van der Waals surface area contributed by atoms with Crippen LogP contribution in [0.25, 0.3) is 0 Å². The first-order chi connectivity index (χ1) is 9.72. The summed E-state index contributed by atoms with van der Waals surface area (Å²) in [7, 11) is 0. The monoisotopic (exact) mass is 274 g/mol. The van der Waals surface area contributed by atoms with Crippen LogP contribution in [0.5, 0.6) is 0 Å². The Morgan fingerprint density at radius 3 is 1.15 bits per heavy atom. The molecule has 2 aliphatic rings. The van der Waals surface area contributed by atoms with E-state index in [0.717, 1.165) is 51.4 Å². The van der Waals surface area contributed by atoms with Crippen LogP contribution in [0, 0.1) is 0 Å². The van der Waals surface area contributed by atoms with E-state index in [1.165, 1.54) is 11.1 Å². The van der Waals surface area contributed by atoms with Crippen molar-refractivity contribution in [2.45, 2.75) is 75.4 Å². The minimum Gasteiger partial charge on any atom is -0.393 e. The van der Waals surface area contributed by atoms with Crippen molar-refractivity contribution >= 4 is 0 Å². The van der Waals surface area contributed by atoms with Crippen LogP contribution in [-0.4, -0.2) is 22.4 Å². The van der Waals surface area contributed by atoms with Crippen molar-refractivity contribution < 1.29 is 10.2 Å². The van der Waals surface area contributed by atoms with Crippen molar-refractivity contribution in [3.8, 4) is 0 Å². The second kappa shape index (κ2) is 6.28. The normalized spacial score (nSPS) is 34.9. The lowest BCUT2D eigenvalue weighted by Crippen LogP contribution is -2.18.